The summed E-state index contributed by atoms with van der Waals surface area (Å²) in [7, 11) is 1.21. The monoisotopic (exact) mass is 446 g/mol. The molecule has 0 saturated heterocycles. The van der Waals surface area contributed by atoms with Gasteiger partial charge in [-0.1, -0.05) is 54.6 Å². The van der Waals surface area contributed by atoms with Crippen LogP contribution in [0.2, 0.25) is 0 Å². The van der Waals surface area contributed by atoms with Crippen LogP contribution in [0.15, 0.2) is 90.5 Å². The SMILES string of the molecule is COC(=O)[C@@]1(c2cccc(F)c2)C=C(C(=O)c2ccccc2)[C@H](c2ccc([N+](=O)[O-])cc2)N1. The number of nitro benzene ring substituents is 1. The number of nitrogens with zero attached hydrogens (tertiary/aromatic N) is 1. The van der Waals surface area contributed by atoms with E-state index >= 15 is 0 Å². The van der Waals surface area contributed by atoms with E-state index in [2.05, 4.69) is 5.32 Å². The number of Topliss-reactive ketones (excluding diaryl/α,β-unsaturated/α-hetero) is 1. The van der Waals surface area contributed by atoms with Gasteiger partial charge in [-0.3, -0.25) is 20.2 Å². The Balaban J connectivity index is 1.89. The molecule has 0 amide bonds. The normalized spacial score (nSPS) is 19.6. The van der Waals surface area contributed by atoms with Gasteiger partial charge in [0.25, 0.3) is 5.69 Å². The number of carbonyl (C=O) groups is 2. The van der Waals surface area contributed by atoms with Crippen molar-refractivity contribution in [1.82, 2.24) is 5.32 Å². The predicted octanol–water partition coefficient (Wildman–Crippen LogP) is 4.26. The molecular weight excluding hydrogens is 427 g/mol. The van der Waals surface area contributed by atoms with Crippen molar-refractivity contribution >= 4 is 17.4 Å². The van der Waals surface area contributed by atoms with Crippen molar-refractivity contribution in [3.8, 4) is 0 Å². The Morgan fingerprint density at radius 2 is 1.73 bits per heavy atom. The zero-order valence-corrected chi connectivity index (χ0v) is 17.5. The zero-order valence-electron chi connectivity index (χ0n) is 17.5. The molecule has 1 heterocycles. The van der Waals surface area contributed by atoms with E-state index in [0.29, 0.717) is 11.1 Å². The molecule has 3 aromatic rings. The maximum atomic E-state index is 14.1. The van der Waals surface area contributed by atoms with Gasteiger partial charge in [0.1, 0.15) is 5.82 Å². The lowest BCUT2D eigenvalue weighted by molar-refractivity contribution is -0.384. The molecule has 0 radical (unpaired) electrons. The number of non-ortho nitro benzene ring substituents is 1. The van der Waals surface area contributed by atoms with E-state index in [1.165, 1.54) is 55.7 Å². The lowest BCUT2D eigenvalue weighted by Crippen LogP contribution is -2.46. The van der Waals surface area contributed by atoms with Crippen LogP contribution in [0.4, 0.5) is 10.1 Å². The van der Waals surface area contributed by atoms with Gasteiger partial charge >= 0.3 is 5.97 Å². The van der Waals surface area contributed by atoms with E-state index in [1.54, 1.807) is 36.4 Å². The van der Waals surface area contributed by atoms with Crippen LogP contribution in [0.25, 0.3) is 0 Å². The highest BCUT2D eigenvalue weighted by Crippen LogP contribution is 2.41. The number of ketones is 1. The van der Waals surface area contributed by atoms with E-state index < -0.39 is 28.3 Å². The highest BCUT2D eigenvalue weighted by atomic mass is 19.1. The maximum absolute atomic E-state index is 14.1. The van der Waals surface area contributed by atoms with Gasteiger partial charge in [-0.15, -0.1) is 0 Å². The van der Waals surface area contributed by atoms with Crippen LogP contribution in [0, 0.1) is 15.9 Å². The van der Waals surface area contributed by atoms with Crippen molar-refractivity contribution < 1.29 is 23.6 Å². The van der Waals surface area contributed by atoms with Gasteiger partial charge in [0.05, 0.1) is 18.1 Å². The van der Waals surface area contributed by atoms with Crippen molar-refractivity contribution in [3.05, 3.63) is 123 Å². The van der Waals surface area contributed by atoms with Crippen LogP contribution in [0.3, 0.4) is 0 Å². The molecular formula is C25H19FN2O5. The van der Waals surface area contributed by atoms with Crippen LogP contribution in [-0.4, -0.2) is 23.8 Å². The number of nitrogens with one attached hydrogen (secondary N) is 1. The van der Waals surface area contributed by atoms with E-state index in [-0.39, 0.29) is 22.6 Å². The quantitative estimate of drug-likeness (QED) is 0.263. The fraction of sp³-hybridized carbons (Fsp3) is 0.120. The first-order chi connectivity index (χ1) is 15.9. The average Bonchev–Trinajstić information content (AvgIpc) is 3.26. The summed E-state index contributed by atoms with van der Waals surface area (Å²) in [5.74, 6) is -1.62. The van der Waals surface area contributed by atoms with E-state index in [1.807, 2.05) is 0 Å². The number of halogens is 1. The molecule has 7 nitrogen and oxygen atoms in total. The molecule has 3 aromatic carbocycles. The smallest absolute Gasteiger partial charge is 0.334 e. The number of hydrogen-bond acceptors (Lipinski definition) is 6. The summed E-state index contributed by atoms with van der Waals surface area (Å²) in [5, 5.41) is 14.2. The van der Waals surface area contributed by atoms with Gasteiger partial charge in [-0.2, -0.15) is 0 Å². The van der Waals surface area contributed by atoms with Crippen molar-refractivity contribution in [2.75, 3.05) is 7.11 Å². The maximum Gasteiger partial charge on any atom is 0.334 e. The standard InChI is InChI=1S/C25H19FN2O5/c1-33-24(30)25(18-8-5-9-19(26)14-18)15-21(23(29)17-6-3-2-4-7-17)22(27-25)16-10-12-20(13-11-16)28(31)32/h2-15,22,27H,1H3/t22-,25-/m0/s1. The second kappa shape index (κ2) is 8.76. The highest BCUT2D eigenvalue weighted by molar-refractivity contribution is 6.11. The van der Waals surface area contributed by atoms with Gasteiger partial charge in [-0.05, 0) is 29.3 Å². The molecule has 0 unspecified atom stereocenters. The van der Waals surface area contributed by atoms with Gasteiger partial charge in [0.2, 0.25) is 0 Å². The number of carbonyl (C=O) groups excluding carboxylic acids is 2. The van der Waals surface area contributed by atoms with Crippen LogP contribution in [-0.2, 0) is 15.1 Å². The molecule has 0 bridgehead atoms. The number of nitro groups is 1. The summed E-state index contributed by atoms with van der Waals surface area (Å²) in [6, 6.07) is 18.8. The van der Waals surface area contributed by atoms with Gasteiger partial charge in [-0.25, -0.2) is 9.18 Å². The first-order valence-electron chi connectivity index (χ1n) is 10.0. The topological polar surface area (TPSA) is 98.5 Å². The third-order valence-electron chi connectivity index (χ3n) is 5.58. The van der Waals surface area contributed by atoms with Crippen molar-refractivity contribution in [2.45, 2.75) is 11.6 Å². The summed E-state index contributed by atoms with van der Waals surface area (Å²) in [6.07, 6.45) is 1.45. The molecule has 0 aliphatic carbocycles. The van der Waals surface area contributed by atoms with Crippen LogP contribution >= 0.6 is 0 Å². The van der Waals surface area contributed by atoms with E-state index in [0.717, 1.165) is 0 Å². The summed E-state index contributed by atoms with van der Waals surface area (Å²) >= 11 is 0. The molecule has 1 N–H and O–H groups in total. The minimum Gasteiger partial charge on any atom is -0.467 e. The molecule has 0 saturated carbocycles. The zero-order chi connectivity index (χ0) is 23.6. The molecule has 1 aliphatic heterocycles. The Labute approximate surface area is 188 Å². The Bertz CT molecular complexity index is 1260. The highest BCUT2D eigenvalue weighted by Gasteiger charge is 2.49. The lowest BCUT2D eigenvalue weighted by atomic mass is 9.89. The lowest BCUT2D eigenvalue weighted by Gasteiger charge is -2.28. The third-order valence-corrected chi connectivity index (χ3v) is 5.58. The minimum absolute atomic E-state index is 0.110. The average molecular weight is 446 g/mol. The third kappa shape index (κ3) is 4.04. The Hall–Kier alpha value is -4.17. The second-order valence-corrected chi connectivity index (χ2v) is 7.53. The fourth-order valence-electron chi connectivity index (χ4n) is 3.97. The molecule has 8 heteroatoms. The van der Waals surface area contributed by atoms with Gasteiger partial charge in [0.15, 0.2) is 11.3 Å². The van der Waals surface area contributed by atoms with Crippen LogP contribution in [0.1, 0.15) is 27.5 Å². The van der Waals surface area contributed by atoms with E-state index in [9.17, 15) is 24.1 Å². The summed E-state index contributed by atoms with van der Waals surface area (Å²) in [4.78, 5) is 37.0. The molecule has 0 fully saturated rings. The predicted molar refractivity (Wildman–Crippen MR) is 118 cm³/mol. The van der Waals surface area contributed by atoms with Crippen molar-refractivity contribution in [3.63, 3.8) is 0 Å². The number of hydrogen-bond donors (Lipinski definition) is 1. The molecule has 1 aliphatic rings. The summed E-state index contributed by atoms with van der Waals surface area (Å²) < 4.78 is 19.1. The molecule has 4 rings (SSSR count). The molecule has 166 valence electrons. The molecule has 0 spiro atoms. The number of rotatable bonds is 6. The summed E-state index contributed by atoms with van der Waals surface area (Å²) in [5.41, 5.74) is -0.318. The fourth-order valence-corrected chi connectivity index (χ4v) is 3.97. The van der Waals surface area contributed by atoms with E-state index in [4.69, 9.17) is 4.74 Å². The number of benzene rings is 3. The largest absolute Gasteiger partial charge is 0.467 e. The number of methoxy groups -OCH3 is 1. The Morgan fingerprint density at radius 3 is 2.33 bits per heavy atom. The van der Waals surface area contributed by atoms with Gasteiger partial charge in [0, 0.05) is 23.3 Å². The molecule has 33 heavy (non-hydrogen) atoms. The first kappa shape index (κ1) is 22.0. The number of ether oxygens (including phenoxy) is 1. The Kier molecular flexibility index (Phi) is 5.85. The first-order valence-corrected chi connectivity index (χ1v) is 10.0. The minimum atomic E-state index is -1.64. The van der Waals surface area contributed by atoms with Crippen LogP contribution in [0.5, 0.6) is 0 Å². The van der Waals surface area contributed by atoms with Crippen LogP contribution < -0.4 is 5.32 Å². The number of esters is 1. The second-order valence-electron chi connectivity index (χ2n) is 7.53. The van der Waals surface area contributed by atoms with Crippen molar-refractivity contribution in [2.24, 2.45) is 0 Å². The Morgan fingerprint density at radius 1 is 1.03 bits per heavy atom. The molecule has 2 atom stereocenters. The van der Waals surface area contributed by atoms with Crippen molar-refractivity contribution in [1.29, 1.82) is 0 Å². The summed E-state index contributed by atoms with van der Waals surface area (Å²) in [6.45, 7) is 0. The molecule has 0 aromatic heterocycles. The van der Waals surface area contributed by atoms with Gasteiger partial charge < -0.3 is 4.74 Å².